The second kappa shape index (κ2) is 4.35. The molecule has 0 saturated carbocycles. The van der Waals surface area contributed by atoms with Crippen LogP contribution < -0.4 is 16.0 Å². The van der Waals surface area contributed by atoms with Gasteiger partial charge in [-0.1, -0.05) is 0 Å². The lowest BCUT2D eigenvalue weighted by molar-refractivity contribution is 0.225. The fraction of sp³-hybridized carbons (Fsp3) is 0.800. The Morgan fingerprint density at radius 3 is 2.80 bits per heavy atom. The average molecular weight is 166 g/mol. The van der Waals surface area contributed by atoms with E-state index in [4.69, 9.17) is 0 Å². The topological polar surface area (TPSA) is 53.2 Å². The van der Waals surface area contributed by atoms with E-state index in [1.807, 2.05) is 7.05 Å². The highest BCUT2D eigenvalue weighted by molar-refractivity contribution is 5.85. The zero-order valence-corrected chi connectivity index (χ0v) is 6.62. The first-order chi connectivity index (χ1) is 4.33. The minimum absolute atomic E-state index is 0. The normalized spacial score (nSPS) is 24.1. The summed E-state index contributed by atoms with van der Waals surface area (Å²) in [4.78, 5) is 10.6. The third-order valence-corrected chi connectivity index (χ3v) is 1.37. The molecule has 0 aliphatic carbocycles. The van der Waals surface area contributed by atoms with E-state index in [0.29, 0.717) is 0 Å². The van der Waals surface area contributed by atoms with Crippen LogP contribution in [-0.4, -0.2) is 25.8 Å². The summed E-state index contributed by atoms with van der Waals surface area (Å²) in [6, 6.07) is -0.0828. The van der Waals surface area contributed by atoms with Gasteiger partial charge in [0.25, 0.3) is 0 Å². The summed E-state index contributed by atoms with van der Waals surface area (Å²) in [5.74, 6) is 0. The predicted molar refractivity (Wildman–Crippen MR) is 41.2 cm³/mol. The van der Waals surface area contributed by atoms with Gasteiger partial charge in [-0.15, -0.1) is 12.4 Å². The molecule has 1 heterocycles. The van der Waals surface area contributed by atoms with Crippen LogP contribution >= 0.6 is 12.4 Å². The third kappa shape index (κ3) is 2.41. The molecule has 0 aromatic carbocycles. The van der Waals surface area contributed by atoms with E-state index >= 15 is 0 Å². The molecule has 4 nitrogen and oxygen atoms in total. The van der Waals surface area contributed by atoms with Crippen LogP contribution in [0.3, 0.4) is 0 Å². The monoisotopic (exact) mass is 165 g/mol. The summed E-state index contributed by atoms with van der Waals surface area (Å²) >= 11 is 0. The van der Waals surface area contributed by atoms with Crippen LogP contribution in [0.4, 0.5) is 4.79 Å². The molecule has 1 fully saturated rings. The largest absolute Gasteiger partial charge is 0.338 e. The summed E-state index contributed by atoms with van der Waals surface area (Å²) in [5.41, 5.74) is 0. The lowest BCUT2D eigenvalue weighted by atomic mass is 10.3. The third-order valence-electron chi connectivity index (χ3n) is 1.37. The number of carbonyl (C=O) groups is 1. The van der Waals surface area contributed by atoms with Crippen molar-refractivity contribution in [2.75, 3.05) is 13.6 Å². The van der Waals surface area contributed by atoms with Gasteiger partial charge in [0.2, 0.25) is 0 Å². The lowest BCUT2D eigenvalue weighted by Crippen LogP contribution is -2.54. The number of urea groups is 1. The second-order valence-electron chi connectivity index (χ2n) is 2.03. The summed E-state index contributed by atoms with van der Waals surface area (Å²) in [6.07, 6.45) is 1.10. The second-order valence-corrected chi connectivity index (χ2v) is 2.03. The van der Waals surface area contributed by atoms with Gasteiger partial charge >= 0.3 is 6.03 Å². The summed E-state index contributed by atoms with van der Waals surface area (Å²) in [7, 11) is 1.83. The van der Waals surface area contributed by atoms with Crippen molar-refractivity contribution >= 4 is 18.4 Å². The highest BCUT2D eigenvalue weighted by Gasteiger charge is 2.13. The maximum atomic E-state index is 10.6. The number of halogens is 1. The van der Waals surface area contributed by atoms with Crippen LogP contribution in [0.1, 0.15) is 6.42 Å². The van der Waals surface area contributed by atoms with Crippen molar-refractivity contribution in [3.8, 4) is 0 Å². The average Bonchev–Trinajstić information content (AvgIpc) is 1.88. The molecular weight excluding hydrogens is 154 g/mol. The number of nitrogens with one attached hydrogen (secondary N) is 3. The van der Waals surface area contributed by atoms with Gasteiger partial charge in [0, 0.05) is 6.54 Å². The van der Waals surface area contributed by atoms with Crippen LogP contribution in [0.25, 0.3) is 0 Å². The zero-order chi connectivity index (χ0) is 6.69. The molecule has 0 aromatic rings. The van der Waals surface area contributed by atoms with Gasteiger partial charge in [-0.25, -0.2) is 4.79 Å². The maximum Gasteiger partial charge on any atom is 0.316 e. The Kier molecular flexibility index (Phi) is 4.14. The van der Waals surface area contributed by atoms with Gasteiger partial charge in [-0.3, -0.25) is 0 Å². The zero-order valence-electron chi connectivity index (χ0n) is 5.81. The predicted octanol–water partition coefficient (Wildman–Crippen LogP) is -0.343. The molecule has 0 radical (unpaired) electrons. The van der Waals surface area contributed by atoms with E-state index < -0.39 is 0 Å². The van der Waals surface area contributed by atoms with Crippen molar-refractivity contribution in [3.05, 3.63) is 0 Å². The molecule has 1 rings (SSSR count). The Labute approximate surface area is 66.2 Å². The van der Waals surface area contributed by atoms with Gasteiger partial charge in [0.05, 0.1) is 6.17 Å². The number of hydrogen-bond donors (Lipinski definition) is 3. The fourth-order valence-corrected chi connectivity index (χ4v) is 0.828. The summed E-state index contributed by atoms with van der Waals surface area (Å²) < 4.78 is 0. The molecule has 0 aromatic heterocycles. The minimum Gasteiger partial charge on any atom is -0.338 e. The highest BCUT2D eigenvalue weighted by Crippen LogP contribution is 1.89. The Hall–Kier alpha value is -0.480. The maximum absolute atomic E-state index is 10.6. The standard InChI is InChI=1S/C5H11N3O.ClH/c1-6-4-2-3-7-5(9)8-4;/h4,6H,2-3H2,1H3,(H2,7,8,9);1H. The van der Waals surface area contributed by atoms with Crippen LogP contribution in [0.15, 0.2) is 0 Å². The van der Waals surface area contributed by atoms with E-state index in [0.717, 1.165) is 13.0 Å². The fourth-order valence-electron chi connectivity index (χ4n) is 0.828. The first kappa shape index (κ1) is 9.52. The van der Waals surface area contributed by atoms with Crippen LogP contribution in [0.5, 0.6) is 0 Å². The molecule has 60 valence electrons. The van der Waals surface area contributed by atoms with E-state index in [-0.39, 0.29) is 24.6 Å². The van der Waals surface area contributed by atoms with Crippen molar-refractivity contribution in [1.29, 1.82) is 0 Å². The van der Waals surface area contributed by atoms with Crippen molar-refractivity contribution in [1.82, 2.24) is 16.0 Å². The molecule has 2 amide bonds. The Balaban J connectivity index is 0.000000810. The highest BCUT2D eigenvalue weighted by atomic mass is 35.5. The number of hydrogen-bond acceptors (Lipinski definition) is 2. The Morgan fingerprint density at radius 2 is 2.40 bits per heavy atom. The van der Waals surface area contributed by atoms with Gasteiger partial charge in [-0.2, -0.15) is 0 Å². The molecular formula is C5H12ClN3O. The molecule has 10 heavy (non-hydrogen) atoms. The molecule has 0 spiro atoms. The molecule has 1 aliphatic rings. The Bertz CT molecular complexity index is 119. The SMILES string of the molecule is CNC1CCNC(=O)N1.Cl. The van der Waals surface area contributed by atoms with Gasteiger partial charge < -0.3 is 16.0 Å². The molecule has 1 unspecified atom stereocenters. The van der Waals surface area contributed by atoms with Crippen LogP contribution in [-0.2, 0) is 0 Å². The molecule has 3 N–H and O–H groups in total. The van der Waals surface area contributed by atoms with Crippen molar-refractivity contribution in [2.45, 2.75) is 12.6 Å². The van der Waals surface area contributed by atoms with E-state index in [1.165, 1.54) is 0 Å². The Morgan fingerprint density at radius 1 is 1.70 bits per heavy atom. The molecule has 1 saturated heterocycles. The quantitative estimate of drug-likeness (QED) is 0.498. The number of carbonyl (C=O) groups excluding carboxylic acids is 1. The van der Waals surface area contributed by atoms with Gasteiger partial charge in [-0.05, 0) is 13.5 Å². The minimum atomic E-state index is -0.0828. The first-order valence-corrected chi connectivity index (χ1v) is 3.04. The van der Waals surface area contributed by atoms with Crippen molar-refractivity contribution in [3.63, 3.8) is 0 Å². The lowest BCUT2D eigenvalue weighted by Gasteiger charge is -2.23. The number of rotatable bonds is 1. The van der Waals surface area contributed by atoms with Gasteiger partial charge in [0.1, 0.15) is 0 Å². The first-order valence-electron chi connectivity index (χ1n) is 3.04. The van der Waals surface area contributed by atoms with Crippen LogP contribution in [0, 0.1) is 0 Å². The summed E-state index contributed by atoms with van der Waals surface area (Å²) in [6.45, 7) is 0.761. The smallest absolute Gasteiger partial charge is 0.316 e. The summed E-state index contributed by atoms with van der Waals surface area (Å²) in [5, 5.41) is 8.32. The van der Waals surface area contributed by atoms with E-state index in [9.17, 15) is 4.79 Å². The van der Waals surface area contributed by atoms with Crippen molar-refractivity contribution in [2.24, 2.45) is 0 Å². The molecule has 1 atom stereocenters. The number of amides is 2. The molecule has 1 aliphatic heterocycles. The van der Waals surface area contributed by atoms with Crippen molar-refractivity contribution < 1.29 is 4.79 Å². The molecule has 0 bridgehead atoms. The molecule has 5 heteroatoms. The van der Waals surface area contributed by atoms with Gasteiger partial charge in [0.15, 0.2) is 0 Å². The van der Waals surface area contributed by atoms with E-state index in [1.54, 1.807) is 0 Å². The van der Waals surface area contributed by atoms with Crippen LogP contribution in [0.2, 0.25) is 0 Å². The van der Waals surface area contributed by atoms with E-state index in [2.05, 4.69) is 16.0 Å².